The second kappa shape index (κ2) is 9.13. The van der Waals surface area contributed by atoms with Gasteiger partial charge in [0.2, 0.25) is 4.80 Å². The van der Waals surface area contributed by atoms with Gasteiger partial charge in [-0.25, -0.2) is 4.68 Å². The molecule has 150 valence electrons. The Balaban J connectivity index is 1.57. The molecule has 0 bridgehead atoms. The summed E-state index contributed by atoms with van der Waals surface area (Å²) in [6.07, 6.45) is 9.60. The summed E-state index contributed by atoms with van der Waals surface area (Å²) in [5, 5.41) is 8.45. The van der Waals surface area contributed by atoms with Gasteiger partial charge in [0.05, 0.1) is 6.04 Å². The number of rotatable bonds is 5. The number of pyridine rings is 1. The first-order valence-corrected chi connectivity index (χ1v) is 10.9. The van der Waals surface area contributed by atoms with E-state index < -0.39 is 0 Å². The average molecular weight is 408 g/mol. The molecule has 1 aromatic carbocycles. The molecule has 7 heteroatoms. The van der Waals surface area contributed by atoms with Crippen LogP contribution in [0.2, 0.25) is 0 Å². The van der Waals surface area contributed by atoms with Gasteiger partial charge in [-0.1, -0.05) is 54.9 Å². The Bertz CT molecular complexity index is 1030. The van der Waals surface area contributed by atoms with E-state index in [1.807, 2.05) is 48.1 Å². The Labute approximate surface area is 174 Å². The predicted octanol–water partition coefficient (Wildman–Crippen LogP) is 3.71. The minimum Gasteiger partial charge on any atom is -0.348 e. The van der Waals surface area contributed by atoms with Crippen molar-refractivity contribution in [3.8, 4) is 10.6 Å². The van der Waals surface area contributed by atoms with Gasteiger partial charge < -0.3 is 5.32 Å². The van der Waals surface area contributed by atoms with Crippen LogP contribution in [0.1, 0.15) is 48.0 Å². The molecule has 29 heavy (non-hydrogen) atoms. The Hall–Kier alpha value is -2.80. The maximum atomic E-state index is 12.8. The van der Waals surface area contributed by atoms with Crippen LogP contribution in [0.5, 0.6) is 0 Å². The van der Waals surface area contributed by atoms with E-state index in [0.717, 1.165) is 33.8 Å². The molecule has 2 aromatic heterocycles. The fraction of sp³-hybridized carbons (Fsp3) is 0.364. The van der Waals surface area contributed by atoms with Gasteiger partial charge in [-0.05, 0) is 30.5 Å². The molecule has 0 radical (unpaired) electrons. The number of amides is 1. The van der Waals surface area contributed by atoms with Gasteiger partial charge >= 0.3 is 0 Å². The second-order valence-electron chi connectivity index (χ2n) is 7.32. The van der Waals surface area contributed by atoms with E-state index in [1.54, 1.807) is 23.7 Å². The van der Waals surface area contributed by atoms with Crippen molar-refractivity contribution < 1.29 is 4.79 Å². The highest BCUT2D eigenvalue weighted by Gasteiger charge is 2.17. The van der Waals surface area contributed by atoms with E-state index >= 15 is 0 Å². The number of aryl methyl sites for hydroxylation is 1. The van der Waals surface area contributed by atoms with Crippen LogP contribution in [0.25, 0.3) is 10.6 Å². The molecule has 0 spiro atoms. The van der Waals surface area contributed by atoms with Crippen LogP contribution in [-0.4, -0.2) is 26.7 Å². The Morgan fingerprint density at radius 3 is 2.83 bits per heavy atom. The summed E-state index contributed by atoms with van der Waals surface area (Å²) < 4.78 is 1.83. The smallest absolute Gasteiger partial charge is 0.252 e. The molecular weight excluding hydrogens is 382 g/mol. The van der Waals surface area contributed by atoms with Gasteiger partial charge in [-0.15, -0.1) is 0 Å². The van der Waals surface area contributed by atoms with Crippen molar-refractivity contribution in [3.05, 3.63) is 64.7 Å². The van der Waals surface area contributed by atoms with Gasteiger partial charge in [-0.2, -0.15) is 5.10 Å². The topological polar surface area (TPSA) is 72.2 Å². The maximum Gasteiger partial charge on any atom is 0.252 e. The van der Waals surface area contributed by atoms with Gasteiger partial charge in [-0.3, -0.25) is 14.8 Å². The van der Waals surface area contributed by atoms with Crippen LogP contribution in [0, 0.1) is 0 Å². The largest absolute Gasteiger partial charge is 0.348 e. The molecule has 1 fully saturated rings. The lowest BCUT2D eigenvalue weighted by molar-refractivity contribution is 0.0951. The maximum absolute atomic E-state index is 12.8. The summed E-state index contributed by atoms with van der Waals surface area (Å²) in [4.78, 5) is 22.8. The zero-order chi connectivity index (χ0) is 20.1. The number of nitrogens with zero attached hydrogens (tertiary/aromatic N) is 4. The molecule has 2 heterocycles. The molecule has 0 atom stereocenters. The van der Waals surface area contributed by atoms with Crippen LogP contribution >= 0.6 is 11.3 Å². The lowest BCUT2D eigenvalue weighted by atomic mass is 9.96. The van der Waals surface area contributed by atoms with Crippen LogP contribution in [0.4, 0.5) is 0 Å². The van der Waals surface area contributed by atoms with Crippen molar-refractivity contribution in [3.63, 3.8) is 0 Å². The SMILES string of the molecule is Cn1nc(-c2ccccc2C(=O)NCc2cccnc2)sc1=NC1CCCCC1. The number of nitrogens with one attached hydrogen (secondary N) is 1. The van der Waals surface area contributed by atoms with E-state index in [2.05, 4.69) is 15.4 Å². The third-order valence-corrected chi connectivity index (χ3v) is 6.20. The van der Waals surface area contributed by atoms with Crippen molar-refractivity contribution >= 4 is 17.2 Å². The number of hydrogen-bond donors (Lipinski definition) is 1. The summed E-state index contributed by atoms with van der Waals surface area (Å²) in [5.41, 5.74) is 2.42. The Morgan fingerprint density at radius 1 is 1.21 bits per heavy atom. The number of benzene rings is 1. The highest BCUT2D eigenvalue weighted by atomic mass is 32.1. The van der Waals surface area contributed by atoms with E-state index in [1.165, 1.54) is 19.3 Å². The minimum absolute atomic E-state index is 0.118. The molecule has 0 aliphatic heterocycles. The van der Waals surface area contributed by atoms with Crippen LogP contribution in [0.15, 0.2) is 53.8 Å². The standard InChI is InChI=1S/C22H25N5OS/c1-27-22(25-17-9-3-2-4-10-17)29-21(26-27)19-12-6-5-11-18(19)20(28)24-15-16-8-7-13-23-14-16/h5-8,11-14,17H,2-4,9-10,15H2,1H3,(H,24,28). The summed E-state index contributed by atoms with van der Waals surface area (Å²) >= 11 is 1.55. The van der Waals surface area contributed by atoms with Crippen molar-refractivity contribution in [2.75, 3.05) is 0 Å². The number of carbonyl (C=O) groups excluding carboxylic acids is 1. The van der Waals surface area contributed by atoms with E-state index in [9.17, 15) is 4.79 Å². The molecule has 1 aliphatic carbocycles. The molecule has 3 aromatic rings. The zero-order valence-electron chi connectivity index (χ0n) is 16.5. The average Bonchev–Trinajstić information content (AvgIpc) is 3.13. The molecule has 1 aliphatic rings. The van der Waals surface area contributed by atoms with Crippen molar-refractivity contribution in [2.45, 2.75) is 44.7 Å². The molecule has 0 saturated heterocycles. The number of hydrogen-bond acceptors (Lipinski definition) is 5. The molecule has 1 N–H and O–H groups in total. The molecule has 4 rings (SSSR count). The Morgan fingerprint density at radius 2 is 2.03 bits per heavy atom. The molecule has 0 unspecified atom stereocenters. The molecule has 1 amide bonds. The normalized spacial score (nSPS) is 15.4. The fourth-order valence-corrected chi connectivity index (χ4v) is 4.58. The van der Waals surface area contributed by atoms with Crippen molar-refractivity contribution in [1.29, 1.82) is 0 Å². The number of carbonyl (C=O) groups is 1. The third kappa shape index (κ3) is 4.79. The van der Waals surface area contributed by atoms with E-state index in [-0.39, 0.29) is 5.91 Å². The lowest BCUT2D eigenvalue weighted by Gasteiger charge is -2.16. The molecule has 6 nitrogen and oxygen atoms in total. The lowest BCUT2D eigenvalue weighted by Crippen LogP contribution is -2.23. The van der Waals surface area contributed by atoms with Gasteiger partial charge in [0, 0.05) is 37.1 Å². The summed E-state index contributed by atoms with van der Waals surface area (Å²) in [6.45, 7) is 0.439. The summed E-state index contributed by atoms with van der Waals surface area (Å²) in [6, 6.07) is 11.8. The Kier molecular flexibility index (Phi) is 6.14. The minimum atomic E-state index is -0.118. The molecular formula is C22H25N5OS. The quantitative estimate of drug-likeness (QED) is 0.701. The fourth-order valence-electron chi connectivity index (χ4n) is 3.58. The highest BCUT2D eigenvalue weighted by molar-refractivity contribution is 7.12. The van der Waals surface area contributed by atoms with Gasteiger partial charge in [0.25, 0.3) is 5.91 Å². The first-order chi connectivity index (χ1) is 14.2. The van der Waals surface area contributed by atoms with Crippen molar-refractivity contribution in [2.24, 2.45) is 12.0 Å². The first kappa shape index (κ1) is 19.5. The predicted molar refractivity (Wildman–Crippen MR) is 114 cm³/mol. The van der Waals surface area contributed by atoms with Crippen LogP contribution in [0.3, 0.4) is 0 Å². The summed E-state index contributed by atoms with van der Waals surface area (Å²) in [7, 11) is 1.92. The van der Waals surface area contributed by atoms with E-state index in [0.29, 0.717) is 18.2 Å². The third-order valence-electron chi connectivity index (χ3n) is 5.15. The van der Waals surface area contributed by atoms with Crippen molar-refractivity contribution in [1.82, 2.24) is 20.1 Å². The molecule has 1 saturated carbocycles. The highest BCUT2D eigenvalue weighted by Crippen LogP contribution is 2.25. The van der Waals surface area contributed by atoms with Gasteiger partial charge in [0.15, 0.2) is 0 Å². The first-order valence-electron chi connectivity index (χ1n) is 10.0. The summed E-state index contributed by atoms with van der Waals surface area (Å²) in [5.74, 6) is -0.118. The van der Waals surface area contributed by atoms with Crippen LogP contribution < -0.4 is 10.1 Å². The second-order valence-corrected chi connectivity index (χ2v) is 8.28. The van der Waals surface area contributed by atoms with Gasteiger partial charge in [0.1, 0.15) is 5.01 Å². The zero-order valence-corrected chi connectivity index (χ0v) is 17.4. The monoisotopic (exact) mass is 407 g/mol. The number of aromatic nitrogens is 3. The van der Waals surface area contributed by atoms with Crippen LogP contribution in [-0.2, 0) is 13.6 Å². The van der Waals surface area contributed by atoms with E-state index in [4.69, 9.17) is 4.99 Å².